The van der Waals surface area contributed by atoms with Crippen LogP contribution in [0.1, 0.15) is 25.8 Å². The number of nitrogen functional groups attached to an aromatic ring is 1. The average Bonchev–Trinajstić information content (AvgIpc) is 3.20. The van der Waals surface area contributed by atoms with E-state index < -0.39 is 26.6 Å². The third-order valence-corrected chi connectivity index (χ3v) is 8.22. The van der Waals surface area contributed by atoms with Crippen molar-refractivity contribution in [3.8, 4) is 0 Å². The zero-order valence-electron chi connectivity index (χ0n) is 18.3. The van der Waals surface area contributed by atoms with Crippen molar-refractivity contribution >= 4 is 64.9 Å². The average molecular weight is 500 g/mol. The summed E-state index contributed by atoms with van der Waals surface area (Å²) in [7, 11) is -4.52. The molecule has 5 aromatic rings. The molecule has 0 saturated carbocycles. The molecule has 0 amide bonds. The van der Waals surface area contributed by atoms with Crippen LogP contribution in [-0.4, -0.2) is 23.4 Å². The molecule has 0 saturated heterocycles. The molecule has 0 bridgehead atoms. The Labute approximate surface area is 197 Å². The summed E-state index contributed by atoms with van der Waals surface area (Å²) >= 11 is 1.48. The maximum atomic E-state index is 14.1. The maximum absolute atomic E-state index is 14.1. The molecule has 174 valence electrons. The molecular weight excluding hydrogens is 480 g/mol. The number of aromatic nitrogens is 3. The number of thiazole rings is 1. The van der Waals surface area contributed by atoms with E-state index in [1.807, 2.05) is 20.8 Å². The van der Waals surface area contributed by atoms with Crippen molar-refractivity contribution in [1.82, 2.24) is 15.0 Å². The molecule has 2 heterocycles. The summed E-state index contributed by atoms with van der Waals surface area (Å²) < 4.78 is 56.9. The maximum Gasteiger partial charge on any atom is 0.267 e. The van der Waals surface area contributed by atoms with E-state index in [4.69, 9.17) is 10.7 Å². The number of rotatable bonds is 3. The molecule has 5 rings (SSSR count). The monoisotopic (exact) mass is 499 g/mol. The van der Waals surface area contributed by atoms with Gasteiger partial charge in [-0.2, -0.15) is 0 Å². The SMILES string of the molecule is CC(C)(C)c1nc2c3cc(NS(=O)(=O)c4c(F)cccc4F)ccc3c3cnc(N)nc3c2s1. The van der Waals surface area contributed by atoms with Gasteiger partial charge in [0.15, 0.2) is 4.90 Å². The Morgan fingerprint density at radius 2 is 1.65 bits per heavy atom. The summed E-state index contributed by atoms with van der Waals surface area (Å²) in [6.45, 7) is 6.13. The predicted octanol–water partition coefficient (Wildman–Crippen LogP) is 5.35. The topological polar surface area (TPSA) is 111 Å². The Morgan fingerprint density at radius 3 is 2.32 bits per heavy atom. The highest BCUT2D eigenvalue weighted by Gasteiger charge is 2.25. The molecular formula is C23H19F2N5O2S2. The third kappa shape index (κ3) is 3.61. The molecule has 0 fully saturated rings. The summed E-state index contributed by atoms with van der Waals surface area (Å²) in [6.07, 6.45) is 1.62. The van der Waals surface area contributed by atoms with E-state index in [1.165, 1.54) is 17.4 Å². The smallest absolute Gasteiger partial charge is 0.267 e. The Balaban J connectivity index is 1.76. The number of sulfonamides is 1. The van der Waals surface area contributed by atoms with Crippen molar-refractivity contribution in [3.63, 3.8) is 0 Å². The fraction of sp³-hybridized carbons (Fsp3) is 0.174. The molecule has 0 aliphatic rings. The second-order valence-corrected chi connectivity index (χ2v) is 11.5. The van der Waals surface area contributed by atoms with E-state index in [2.05, 4.69) is 14.7 Å². The van der Waals surface area contributed by atoms with E-state index in [0.29, 0.717) is 16.4 Å². The normalized spacial score (nSPS) is 12.6. The van der Waals surface area contributed by atoms with E-state index in [-0.39, 0.29) is 17.1 Å². The Morgan fingerprint density at radius 1 is 0.971 bits per heavy atom. The summed E-state index contributed by atoms with van der Waals surface area (Å²) in [4.78, 5) is 12.3. The van der Waals surface area contributed by atoms with Gasteiger partial charge in [0, 0.05) is 28.1 Å². The van der Waals surface area contributed by atoms with Crippen LogP contribution < -0.4 is 10.5 Å². The molecule has 0 spiro atoms. The van der Waals surface area contributed by atoms with Gasteiger partial charge in [0.05, 0.1) is 20.7 Å². The lowest BCUT2D eigenvalue weighted by molar-refractivity contribution is 0.521. The number of benzene rings is 3. The Bertz CT molecular complexity index is 1710. The van der Waals surface area contributed by atoms with Crippen molar-refractivity contribution < 1.29 is 17.2 Å². The lowest BCUT2D eigenvalue weighted by Gasteiger charge is -2.13. The largest absolute Gasteiger partial charge is 0.368 e. The summed E-state index contributed by atoms with van der Waals surface area (Å²) in [5.74, 6) is -2.22. The van der Waals surface area contributed by atoms with Gasteiger partial charge in [0.2, 0.25) is 5.95 Å². The predicted molar refractivity (Wildman–Crippen MR) is 131 cm³/mol. The van der Waals surface area contributed by atoms with Gasteiger partial charge < -0.3 is 5.73 Å². The van der Waals surface area contributed by atoms with E-state index in [9.17, 15) is 17.2 Å². The van der Waals surface area contributed by atoms with Crippen LogP contribution in [0, 0.1) is 11.6 Å². The van der Waals surface area contributed by atoms with E-state index in [0.717, 1.165) is 38.7 Å². The first-order valence-corrected chi connectivity index (χ1v) is 12.5. The lowest BCUT2D eigenvalue weighted by Crippen LogP contribution is -2.16. The van der Waals surface area contributed by atoms with E-state index in [1.54, 1.807) is 18.3 Å². The summed E-state index contributed by atoms with van der Waals surface area (Å²) in [6, 6.07) is 7.69. The highest BCUT2D eigenvalue weighted by atomic mass is 32.2. The second-order valence-electron chi connectivity index (χ2n) is 8.85. The van der Waals surface area contributed by atoms with Gasteiger partial charge in [-0.3, -0.25) is 4.72 Å². The number of nitrogens with zero attached hydrogens (tertiary/aromatic N) is 3. The molecule has 0 aliphatic heterocycles. The Kier molecular flexibility index (Phi) is 4.96. The molecule has 7 nitrogen and oxygen atoms in total. The van der Waals surface area contributed by atoms with E-state index >= 15 is 0 Å². The lowest BCUT2D eigenvalue weighted by atomic mass is 9.98. The van der Waals surface area contributed by atoms with Crippen LogP contribution in [0.25, 0.3) is 31.9 Å². The highest BCUT2D eigenvalue weighted by Crippen LogP contribution is 2.41. The molecule has 3 N–H and O–H groups in total. The van der Waals surface area contributed by atoms with Crippen molar-refractivity contribution in [2.75, 3.05) is 10.5 Å². The first-order valence-electron chi connectivity index (χ1n) is 10.2. The minimum Gasteiger partial charge on any atom is -0.368 e. The molecule has 2 aromatic heterocycles. The number of hydrogen-bond donors (Lipinski definition) is 2. The number of nitrogens with two attached hydrogens (primary N) is 1. The first-order chi connectivity index (χ1) is 16.0. The fourth-order valence-corrected chi connectivity index (χ4v) is 6.06. The van der Waals surface area contributed by atoms with Gasteiger partial charge in [0.25, 0.3) is 10.0 Å². The van der Waals surface area contributed by atoms with Crippen molar-refractivity contribution in [2.45, 2.75) is 31.1 Å². The minimum absolute atomic E-state index is 0.134. The molecule has 0 unspecified atom stereocenters. The van der Waals surface area contributed by atoms with Gasteiger partial charge >= 0.3 is 0 Å². The number of hydrogen-bond acceptors (Lipinski definition) is 7. The minimum atomic E-state index is -4.52. The van der Waals surface area contributed by atoms with Gasteiger partial charge in [-0.15, -0.1) is 11.3 Å². The molecule has 0 radical (unpaired) electrons. The van der Waals surface area contributed by atoms with Crippen LogP contribution in [0.5, 0.6) is 0 Å². The van der Waals surface area contributed by atoms with Gasteiger partial charge in [-0.1, -0.05) is 32.9 Å². The van der Waals surface area contributed by atoms with Gasteiger partial charge in [-0.25, -0.2) is 32.2 Å². The zero-order chi connectivity index (χ0) is 24.4. The van der Waals surface area contributed by atoms with Crippen molar-refractivity contribution in [2.24, 2.45) is 0 Å². The molecule has 11 heteroatoms. The zero-order valence-corrected chi connectivity index (χ0v) is 20.0. The highest BCUT2D eigenvalue weighted by molar-refractivity contribution is 7.92. The number of anilines is 2. The van der Waals surface area contributed by atoms with Crippen molar-refractivity contribution in [3.05, 3.63) is 59.2 Å². The van der Waals surface area contributed by atoms with Crippen LogP contribution in [0.15, 0.2) is 47.5 Å². The number of nitrogens with one attached hydrogen (secondary N) is 1. The van der Waals surface area contributed by atoms with Crippen LogP contribution in [0.3, 0.4) is 0 Å². The third-order valence-electron chi connectivity index (χ3n) is 5.30. The number of halogens is 2. The molecule has 0 atom stereocenters. The van der Waals surface area contributed by atoms with Crippen molar-refractivity contribution in [1.29, 1.82) is 0 Å². The summed E-state index contributed by atoms with van der Waals surface area (Å²) in [5, 5.41) is 2.99. The van der Waals surface area contributed by atoms with Gasteiger partial charge in [-0.05, 0) is 29.7 Å². The first kappa shape index (κ1) is 22.4. The Hall–Kier alpha value is -3.44. The van der Waals surface area contributed by atoms with Gasteiger partial charge in [0.1, 0.15) is 11.6 Å². The standard InChI is InChI=1S/C23H19F2N5O2S2/c1-23(2,3)21-28-17-13-9-11(30-34(31,32)20-15(24)5-4-6-16(20)25)7-8-12(13)14-10-27-22(26)29-18(14)19(17)33-21/h4-10,30H,1-3H3,(H2,26,27,29). The molecule has 3 aromatic carbocycles. The quantitative estimate of drug-likeness (QED) is 0.324. The summed E-state index contributed by atoms with van der Waals surface area (Å²) in [5.41, 5.74) is 7.04. The molecule has 34 heavy (non-hydrogen) atoms. The second kappa shape index (κ2) is 7.54. The fourth-order valence-electron chi connectivity index (χ4n) is 3.73. The number of fused-ring (bicyclic) bond motifs is 6. The molecule has 0 aliphatic carbocycles. The van der Waals surface area contributed by atoms with Crippen LogP contribution >= 0.6 is 11.3 Å². The van der Waals surface area contributed by atoms with Crippen LogP contribution in [0.4, 0.5) is 20.4 Å². The van der Waals surface area contributed by atoms with Crippen LogP contribution in [-0.2, 0) is 15.4 Å². The van der Waals surface area contributed by atoms with Crippen LogP contribution in [0.2, 0.25) is 0 Å².